The molecule has 1 aromatic rings. The van der Waals surface area contributed by atoms with E-state index in [9.17, 15) is 29.9 Å². The highest BCUT2D eigenvalue weighted by molar-refractivity contribution is 5.97. The van der Waals surface area contributed by atoms with Gasteiger partial charge in [-0.1, -0.05) is 12.2 Å². The highest BCUT2D eigenvalue weighted by Gasteiger charge is 2.51. The monoisotopic (exact) mass is 318 g/mol. The number of carboxylic acid groups (broad SMARTS) is 1. The molecule has 1 fully saturated rings. The van der Waals surface area contributed by atoms with E-state index in [4.69, 9.17) is 0 Å². The van der Waals surface area contributed by atoms with Gasteiger partial charge in [0.2, 0.25) is 5.91 Å². The molecule has 0 heterocycles. The molecule has 2 aliphatic carbocycles. The number of allylic oxidation sites excluding steroid dienone is 2. The molecular formula is C15H14N2O6. The van der Waals surface area contributed by atoms with Gasteiger partial charge in [0, 0.05) is 6.07 Å². The van der Waals surface area contributed by atoms with Gasteiger partial charge in [0.25, 0.3) is 5.69 Å². The lowest BCUT2D eigenvalue weighted by molar-refractivity contribution is -0.384. The molecule has 3 rings (SSSR count). The summed E-state index contributed by atoms with van der Waals surface area (Å²) in [5, 5.41) is 32.2. The maximum Gasteiger partial charge on any atom is 0.307 e. The van der Waals surface area contributed by atoms with Gasteiger partial charge in [-0.2, -0.15) is 0 Å². The van der Waals surface area contributed by atoms with Crippen LogP contribution in [0.1, 0.15) is 6.42 Å². The summed E-state index contributed by atoms with van der Waals surface area (Å²) in [6.45, 7) is 0. The van der Waals surface area contributed by atoms with Gasteiger partial charge in [-0.3, -0.25) is 19.7 Å². The third kappa shape index (κ3) is 2.52. The number of aliphatic carboxylic acids is 1. The van der Waals surface area contributed by atoms with Gasteiger partial charge in [-0.15, -0.1) is 0 Å². The Morgan fingerprint density at radius 1 is 1.22 bits per heavy atom. The number of carbonyl (C=O) groups is 2. The van der Waals surface area contributed by atoms with E-state index < -0.39 is 34.4 Å². The molecule has 0 unspecified atom stereocenters. The van der Waals surface area contributed by atoms with Gasteiger partial charge in [0.1, 0.15) is 5.75 Å². The Labute approximate surface area is 130 Å². The third-order valence-corrected chi connectivity index (χ3v) is 4.50. The summed E-state index contributed by atoms with van der Waals surface area (Å²) in [6.07, 6.45) is 4.31. The minimum absolute atomic E-state index is 0.0245. The second-order valence-corrected chi connectivity index (χ2v) is 5.79. The highest BCUT2D eigenvalue weighted by Crippen LogP contribution is 2.48. The molecule has 2 bridgehead atoms. The summed E-state index contributed by atoms with van der Waals surface area (Å²) in [4.78, 5) is 33.8. The first kappa shape index (κ1) is 15.0. The van der Waals surface area contributed by atoms with Crippen LogP contribution in [0.5, 0.6) is 5.75 Å². The molecule has 0 radical (unpaired) electrons. The van der Waals surface area contributed by atoms with Crippen LogP contribution in [0.2, 0.25) is 0 Å². The van der Waals surface area contributed by atoms with Gasteiger partial charge in [0.15, 0.2) is 0 Å². The minimum Gasteiger partial charge on any atom is -0.506 e. The van der Waals surface area contributed by atoms with Crippen molar-refractivity contribution in [3.8, 4) is 5.75 Å². The Morgan fingerprint density at radius 2 is 1.87 bits per heavy atom. The number of hydrogen-bond donors (Lipinski definition) is 3. The van der Waals surface area contributed by atoms with E-state index >= 15 is 0 Å². The van der Waals surface area contributed by atoms with Gasteiger partial charge < -0.3 is 15.5 Å². The average Bonchev–Trinajstić information content (AvgIpc) is 3.09. The van der Waals surface area contributed by atoms with Crippen LogP contribution in [0.15, 0.2) is 30.4 Å². The van der Waals surface area contributed by atoms with Gasteiger partial charge in [0.05, 0.1) is 28.5 Å². The number of rotatable bonds is 4. The number of nitro benzene ring substituents is 1. The van der Waals surface area contributed by atoms with Crippen molar-refractivity contribution in [1.82, 2.24) is 0 Å². The summed E-state index contributed by atoms with van der Waals surface area (Å²) in [7, 11) is 0. The van der Waals surface area contributed by atoms with E-state index in [1.807, 2.05) is 12.2 Å². The van der Waals surface area contributed by atoms with Crippen LogP contribution in [-0.2, 0) is 9.59 Å². The van der Waals surface area contributed by atoms with Crippen LogP contribution in [0.4, 0.5) is 11.4 Å². The molecule has 1 amide bonds. The van der Waals surface area contributed by atoms with E-state index in [0.717, 1.165) is 12.1 Å². The SMILES string of the molecule is O=C(O)[C@@H]1[C@H](C(=O)Nc2ccc([N+](=O)[O-])cc2O)[C@H]2C=C[C@H]1C2. The fourth-order valence-electron chi connectivity index (χ4n) is 3.47. The third-order valence-electron chi connectivity index (χ3n) is 4.50. The lowest BCUT2D eigenvalue weighted by atomic mass is 9.82. The first-order valence-electron chi connectivity index (χ1n) is 7.08. The van der Waals surface area contributed by atoms with Crippen LogP contribution < -0.4 is 5.32 Å². The van der Waals surface area contributed by atoms with Crippen molar-refractivity contribution in [1.29, 1.82) is 0 Å². The zero-order valence-electron chi connectivity index (χ0n) is 11.9. The predicted molar refractivity (Wildman–Crippen MR) is 78.7 cm³/mol. The van der Waals surface area contributed by atoms with Crippen molar-refractivity contribution in [3.05, 3.63) is 40.5 Å². The predicted octanol–water partition coefficient (Wildman–Crippen LogP) is 1.76. The number of nitro groups is 1. The lowest BCUT2D eigenvalue weighted by Crippen LogP contribution is -2.36. The van der Waals surface area contributed by atoms with Crippen LogP contribution in [0, 0.1) is 33.8 Å². The number of phenolic OH excluding ortho intramolecular Hbond substituents is 1. The molecule has 3 N–H and O–H groups in total. The van der Waals surface area contributed by atoms with E-state index in [1.54, 1.807) is 0 Å². The molecule has 2 aliphatic rings. The van der Waals surface area contributed by atoms with Crippen molar-refractivity contribution in [2.45, 2.75) is 6.42 Å². The molecule has 8 nitrogen and oxygen atoms in total. The number of phenols is 1. The van der Waals surface area contributed by atoms with E-state index in [-0.39, 0.29) is 23.2 Å². The fourth-order valence-corrected chi connectivity index (χ4v) is 3.47. The van der Waals surface area contributed by atoms with Crippen molar-refractivity contribution < 1.29 is 24.7 Å². The number of nitrogens with one attached hydrogen (secondary N) is 1. The van der Waals surface area contributed by atoms with Crippen LogP contribution in [-0.4, -0.2) is 27.0 Å². The molecule has 0 saturated heterocycles. The normalized spacial score (nSPS) is 27.8. The zero-order chi connectivity index (χ0) is 16.7. The summed E-state index contributed by atoms with van der Waals surface area (Å²) in [5.74, 6) is -3.74. The molecule has 4 atom stereocenters. The van der Waals surface area contributed by atoms with Gasteiger partial charge in [-0.05, 0) is 24.3 Å². The standard InChI is InChI=1S/C15H14N2O6/c18-11-6-9(17(22)23)3-4-10(11)16-14(19)12-7-1-2-8(5-7)13(12)15(20)21/h1-4,6-8,12-13,18H,5H2,(H,16,19)(H,20,21)/t7-,8-,12+,13-/m0/s1. The van der Waals surface area contributed by atoms with Crippen molar-refractivity contribution in [3.63, 3.8) is 0 Å². The molecule has 0 spiro atoms. The Kier molecular flexibility index (Phi) is 3.51. The molecule has 23 heavy (non-hydrogen) atoms. The average molecular weight is 318 g/mol. The number of amides is 1. The number of nitrogens with zero attached hydrogens (tertiary/aromatic N) is 1. The summed E-state index contributed by atoms with van der Waals surface area (Å²) in [6, 6.07) is 3.32. The number of non-ortho nitro benzene ring substituents is 1. The molecule has 0 aromatic heterocycles. The number of benzene rings is 1. The molecule has 120 valence electrons. The van der Waals surface area contributed by atoms with Gasteiger partial charge in [-0.25, -0.2) is 0 Å². The summed E-state index contributed by atoms with van der Waals surface area (Å²) in [5.41, 5.74) is -0.275. The molecular weight excluding hydrogens is 304 g/mol. The highest BCUT2D eigenvalue weighted by atomic mass is 16.6. The van der Waals surface area contributed by atoms with Crippen LogP contribution in [0.3, 0.4) is 0 Å². The smallest absolute Gasteiger partial charge is 0.307 e. The van der Waals surface area contributed by atoms with Crippen molar-refractivity contribution >= 4 is 23.3 Å². The molecule has 1 saturated carbocycles. The molecule has 8 heteroatoms. The summed E-state index contributed by atoms with van der Waals surface area (Å²) < 4.78 is 0. The zero-order valence-corrected chi connectivity index (χ0v) is 11.9. The van der Waals surface area contributed by atoms with Crippen molar-refractivity contribution in [2.75, 3.05) is 5.32 Å². The second-order valence-electron chi connectivity index (χ2n) is 5.79. The van der Waals surface area contributed by atoms with Crippen LogP contribution in [0.25, 0.3) is 0 Å². The molecule has 0 aliphatic heterocycles. The number of fused-ring (bicyclic) bond motifs is 2. The lowest BCUT2D eigenvalue weighted by Gasteiger charge is -2.24. The number of carbonyl (C=O) groups excluding carboxylic acids is 1. The molecule has 1 aromatic carbocycles. The Morgan fingerprint density at radius 3 is 2.43 bits per heavy atom. The van der Waals surface area contributed by atoms with Gasteiger partial charge >= 0.3 is 5.97 Å². The number of carboxylic acids is 1. The van der Waals surface area contributed by atoms with Crippen molar-refractivity contribution in [2.24, 2.45) is 23.7 Å². The Bertz CT molecular complexity index is 729. The van der Waals surface area contributed by atoms with E-state index in [1.165, 1.54) is 6.07 Å². The largest absolute Gasteiger partial charge is 0.506 e. The summed E-state index contributed by atoms with van der Waals surface area (Å²) >= 11 is 0. The first-order valence-corrected chi connectivity index (χ1v) is 7.08. The quantitative estimate of drug-likeness (QED) is 0.336. The number of hydrogen-bond acceptors (Lipinski definition) is 5. The second kappa shape index (κ2) is 5.38. The fraction of sp³-hybridized carbons (Fsp3) is 0.333. The maximum absolute atomic E-state index is 12.4. The number of aromatic hydroxyl groups is 1. The number of anilines is 1. The first-order chi connectivity index (χ1) is 10.9. The Balaban J connectivity index is 1.81. The Hall–Kier alpha value is -2.90. The van der Waals surface area contributed by atoms with E-state index in [2.05, 4.69) is 5.32 Å². The van der Waals surface area contributed by atoms with E-state index in [0.29, 0.717) is 6.42 Å². The topological polar surface area (TPSA) is 130 Å². The van der Waals surface area contributed by atoms with Crippen LogP contribution >= 0.6 is 0 Å². The maximum atomic E-state index is 12.4. The minimum atomic E-state index is -1.02.